The number of rotatable bonds is 0. The number of phenols is 1. The van der Waals surface area contributed by atoms with Gasteiger partial charge in [0, 0.05) is 21.7 Å². The van der Waals surface area contributed by atoms with Crippen molar-refractivity contribution in [1.29, 1.82) is 0 Å². The molecular formula is C16H11NO. The molecule has 0 saturated carbocycles. The van der Waals surface area contributed by atoms with E-state index in [-0.39, 0.29) is 0 Å². The average Bonchev–Trinajstić information content (AvgIpc) is 2.77. The Labute approximate surface area is 103 Å². The summed E-state index contributed by atoms with van der Waals surface area (Å²) >= 11 is 0. The summed E-state index contributed by atoms with van der Waals surface area (Å²) in [6.45, 7) is 0. The van der Waals surface area contributed by atoms with E-state index in [0.717, 1.165) is 21.8 Å². The Morgan fingerprint density at radius 3 is 2.56 bits per heavy atom. The zero-order valence-electron chi connectivity index (χ0n) is 9.64. The fourth-order valence-corrected chi connectivity index (χ4v) is 2.64. The number of para-hydroxylation sites is 1. The minimum absolute atomic E-state index is 0.304. The third-order valence-corrected chi connectivity index (χ3v) is 3.48. The molecule has 4 aromatic rings. The van der Waals surface area contributed by atoms with Gasteiger partial charge >= 0.3 is 0 Å². The lowest BCUT2D eigenvalue weighted by molar-refractivity contribution is 0.476. The molecule has 0 aliphatic carbocycles. The van der Waals surface area contributed by atoms with Crippen LogP contribution in [0, 0.1) is 0 Å². The Morgan fingerprint density at radius 2 is 1.61 bits per heavy atom. The van der Waals surface area contributed by atoms with E-state index in [1.54, 1.807) is 12.1 Å². The van der Waals surface area contributed by atoms with E-state index < -0.39 is 0 Å². The number of phenolic OH excluding ortho intramolecular Hbond substituents is 1. The molecule has 1 heterocycles. The molecule has 0 bridgehead atoms. The summed E-state index contributed by atoms with van der Waals surface area (Å²) in [6, 6.07) is 17.9. The number of nitrogens with one attached hydrogen (secondary N) is 1. The first-order valence-corrected chi connectivity index (χ1v) is 5.95. The van der Waals surface area contributed by atoms with E-state index in [9.17, 15) is 5.11 Å². The summed E-state index contributed by atoms with van der Waals surface area (Å²) in [7, 11) is 0. The second-order valence-corrected chi connectivity index (χ2v) is 4.56. The molecule has 86 valence electrons. The summed E-state index contributed by atoms with van der Waals surface area (Å²) in [4.78, 5) is 3.46. The van der Waals surface area contributed by atoms with Crippen LogP contribution in [0.25, 0.3) is 32.6 Å². The Bertz CT molecular complexity index is 889. The van der Waals surface area contributed by atoms with Gasteiger partial charge in [0.15, 0.2) is 0 Å². The van der Waals surface area contributed by atoms with Crippen molar-refractivity contribution in [3.05, 3.63) is 54.6 Å². The summed E-state index contributed by atoms with van der Waals surface area (Å²) < 4.78 is 0. The van der Waals surface area contributed by atoms with Crippen molar-refractivity contribution in [2.45, 2.75) is 0 Å². The first kappa shape index (κ1) is 9.54. The van der Waals surface area contributed by atoms with Gasteiger partial charge in [-0.15, -0.1) is 0 Å². The molecule has 2 nitrogen and oxygen atoms in total. The first-order valence-electron chi connectivity index (χ1n) is 5.95. The van der Waals surface area contributed by atoms with E-state index in [2.05, 4.69) is 35.3 Å². The highest BCUT2D eigenvalue weighted by molar-refractivity contribution is 6.16. The van der Waals surface area contributed by atoms with Gasteiger partial charge in [0.2, 0.25) is 0 Å². The van der Waals surface area contributed by atoms with Crippen LogP contribution >= 0.6 is 0 Å². The van der Waals surface area contributed by atoms with Crippen LogP contribution in [0.4, 0.5) is 0 Å². The molecule has 0 saturated heterocycles. The Hall–Kier alpha value is -2.48. The van der Waals surface area contributed by atoms with Crippen LogP contribution in [0.3, 0.4) is 0 Å². The van der Waals surface area contributed by atoms with Gasteiger partial charge in [-0.2, -0.15) is 0 Å². The number of aromatic amines is 1. The van der Waals surface area contributed by atoms with Crippen molar-refractivity contribution in [3.8, 4) is 5.75 Å². The van der Waals surface area contributed by atoms with Crippen LogP contribution in [0.5, 0.6) is 5.75 Å². The van der Waals surface area contributed by atoms with Crippen LogP contribution in [0.2, 0.25) is 0 Å². The van der Waals surface area contributed by atoms with Gasteiger partial charge in [0.1, 0.15) is 5.75 Å². The zero-order valence-corrected chi connectivity index (χ0v) is 9.64. The summed E-state index contributed by atoms with van der Waals surface area (Å²) in [5.74, 6) is 0.304. The molecule has 4 rings (SSSR count). The Morgan fingerprint density at radius 1 is 0.778 bits per heavy atom. The van der Waals surface area contributed by atoms with Crippen LogP contribution in [0.1, 0.15) is 0 Å². The summed E-state index contributed by atoms with van der Waals surface area (Å²) in [5.41, 5.74) is 2.28. The molecule has 0 aliphatic heterocycles. The number of hydrogen-bond donors (Lipinski definition) is 2. The van der Waals surface area contributed by atoms with Crippen molar-refractivity contribution in [2.75, 3.05) is 0 Å². The molecule has 0 radical (unpaired) electrons. The number of fused-ring (bicyclic) bond motifs is 5. The van der Waals surface area contributed by atoms with Crippen molar-refractivity contribution in [2.24, 2.45) is 0 Å². The maximum atomic E-state index is 9.53. The average molecular weight is 233 g/mol. The molecule has 1 aromatic heterocycles. The predicted molar refractivity (Wildman–Crippen MR) is 75.0 cm³/mol. The van der Waals surface area contributed by atoms with Gasteiger partial charge in [0.25, 0.3) is 0 Å². The van der Waals surface area contributed by atoms with Crippen LogP contribution in [-0.4, -0.2) is 10.1 Å². The molecule has 0 spiro atoms. The fourth-order valence-electron chi connectivity index (χ4n) is 2.64. The van der Waals surface area contributed by atoms with E-state index in [1.807, 2.05) is 12.1 Å². The van der Waals surface area contributed by atoms with Crippen molar-refractivity contribution >= 4 is 32.6 Å². The van der Waals surface area contributed by atoms with Gasteiger partial charge in [-0.05, 0) is 29.7 Å². The van der Waals surface area contributed by atoms with Crippen molar-refractivity contribution in [3.63, 3.8) is 0 Å². The largest absolute Gasteiger partial charge is 0.508 e. The lowest BCUT2D eigenvalue weighted by Gasteiger charge is -2.00. The molecule has 0 fully saturated rings. The highest BCUT2D eigenvalue weighted by atomic mass is 16.3. The Kier molecular flexibility index (Phi) is 1.73. The third-order valence-electron chi connectivity index (χ3n) is 3.48. The van der Waals surface area contributed by atoms with Gasteiger partial charge < -0.3 is 10.1 Å². The van der Waals surface area contributed by atoms with Crippen LogP contribution < -0.4 is 0 Å². The SMILES string of the molecule is Oc1ccc2c(ccc3c4ccccc4[nH]c23)c1. The number of aromatic nitrogens is 1. The quantitative estimate of drug-likeness (QED) is 0.469. The molecular weight excluding hydrogens is 222 g/mol. The van der Waals surface area contributed by atoms with Crippen LogP contribution in [0.15, 0.2) is 54.6 Å². The molecule has 0 atom stereocenters. The second-order valence-electron chi connectivity index (χ2n) is 4.56. The normalized spacial score (nSPS) is 11.6. The molecule has 0 aliphatic rings. The molecule has 3 aromatic carbocycles. The maximum absolute atomic E-state index is 9.53. The number of aromatic hydroxyl groups is 1. The van der Waals surface area contributed by atoms with E-state index >= 15 is 0 Å². The van der Waals surface area contributed by atoms with Gasteiger partial charge in [-0.25, -0.2) is 0 Å². The highest BCUT2D eigenvalue weighted by Gasteiger charge is 2.07. The molecule has 0 amide bonds. The highest BCUT2D eigenvalue weighted by Crippen LogP contribution is 2.32. The first-order chi connectivity index (χ1) is 8.83. The minimum atomic E-state index is 0.304. The zero-order chi connectivity index (χ0) is 12.1. The van der Waals surface area contributed by atoms with Gasteiger partial charge in [-0.1, -0.05) is 30.3 Å². The lowest BCUT2D eigenvalue weighted by Crippen LogP contribution is -1.75. The number of H-pyrrole nitrogens is 1. The number of hydrogen-bond acceptors (Lipinski definition) is 1. The molecule has 0 unspecified atom stereocenters. The molecule has 18 heavy (non-hydrogen) atoms. The molecule has 2 heteroatoms. The van der Waals surface area contributed by atoms with E-state index in [0.29, 0.717) is 5.75 Å². The summed E-state index contributed by atoms with van der Waals surface area (Å²) in [6.07, 6.45) is 0. The third kappa shape index (κ3) is 1.17. The van der Waals surface area contributed by atoms with Gasteiger partial charge in [-0.3, -0.25) is 0 Å². The summed E-state index contributed by atoms with van der Waals surface area (Å²) in [5, 5.41) is 14.2. The monoisotopic (exact) mass is 233 g/mol. The van der Waals surface area contributed by atoms with E-state index in [4.69, 9.17) is 0 Å². The van der Waals surface area contributed by atoms with Crippen LogP contribution in [-0.2, 0) is 0 Å². The fraction of sp³-hybridized carbons (Fsp3) is 0. The number of benzene rings is 3. The van der Waals surface area contributed by atoms with Crippen molar-refractivity contribution in [1.82, 2.24) is 4.98 Å². The van der Waals surface area contributed by atoms with Crippen molar-refractivity contribution < 1.29 is 5.11 Å². The smallest absolute Gasteiger partial charge is 0.116 e. The standard InChI is InChI=1S/C16H11NO/c18-11-6-8-12-10(9-11)5-7-14-13-3-1-2-4-15(13)17-16(12)14/h1-9,17-18H. The van der Waals surface area contributed by atoms with Gasteiger partial charge in [0.05, 0.1) is 5.52 Å². The topological polar surface area (TPSA) is 36.0 Å². The maximum Gasteiger partial charge on any atom is 0.116 e. The Balaban J connectivity index is 2.28. The van der Waals surface area contributed by atoms with E-state index in [1.165, 1.54) is 10.8 Å². The minimum Gasteiger partial charge on any atom is -0.508 e. The predicted octanol–water partition coefficient (Wildman–Crippen LogP) is 4.18. The lowest BCUT2D eigenvalue weighted by atomic mass is 10.1. The molecule has 2 N–H and O–H groups in total. The second kappa shape index (κ2) is 3.26.